The Hall–Kier alpha value is -3.67. The minimum absolute atomic E-state index is 0.561. The van der Waals surface area contributed by atoms with Gasteiger partial charge in [0.1, 0.15) is 0 Å². The Morgan fingerprint density at radius 2 is 1.84 bits per heavy atom. The van der Waals surface area contributed by atoms with E-state index in [1.54, 1.807) is 6.20 Å². The highest BCUT2D eigenvalue weighted by molar-refractivity contribution is 5.82. The number of aromatic nitrogens is 5. The Kier molecular flexibility index (Phi) is 3.00. The van der Waals surface area contributed by atoms with Gasteiger partial charge < -0.3 is 5.32 Å². The van der Waals surface area contributed by atoms with Gasteiger partial charge in [-0.15, -0.1) is 5.10 Å². The van der Waals surface area contributed by atoms with Gasteiger partial charge in [0.05, 0.1) is 17.4 Å². The molecule has 25 heavy (non-hydrogen) atoms. The van der Waals surface area contributed by atoms with Gasteiger partial charge in [0.2, 0.25) is 5.95 Å². The van der Waals surface area contributed by atoms with Gasteiger partial charge in [0.25, 0.3) is 0 Å². The first-order valence-corrected chi connectivity index (χ1v) is 7.98. The zero-order valence-electron chi connectivity index (χ0n) is 13.2. The van der Waals surface area contributed by atoms with Crippen LogP contribution >= 0.6 is 0 Å². The van der Waals surface area contributed by atoms with E-state index in [4.69, 9.17) is 0 Å². The summed E-state index contributed by atoms with van der Waals surface area (Å²) in [6.45, 7) is 0. The number of hydrogen-bond acceptors (Lipinski definition) is 4. The Bertz CT molecular complexity index is 1170. The van der Waals surface area contributed by atoms with E-state index < -0.39 is 0 Å². The van der Waals surface area contributed by atoms with Crippen LogP contribution in [0.1, 0.15) is 0 Å². The van der Waals surface area contributed by atoms with Crippen molar-refractivity contribution in [2.45, 2.75) is 0 Å². The lowest BCUT2D eigenvalue weighted by atomic mass is 10.1. The second-order valence-electron chi connectivity index (χ2n) is 5.78. The molecule has 3 aromatic heterocycles. The maximum Gasteiger partial charge on any atom is 0.247 e. The van der Waals surface area contributed by atoms with E-state index in [9.17, 15) is 0 Å². The van der Waals surface area contributed by atoms with Crippen LogP contribution in [0, 0.1) is 0 Å². The smallest absolute Gasteiger partial charge is 0.247 e. The van der Waals surface area contributed by atoms with Gasteiger partial charge in [0.15, 0.2) is 5.65 Å². The number of rotatable bonds is 3. The third-order valence-electron chi connectivity index (χ3n) is 4.13. The molecule has 0 fully saturated rings. The summed E-state index contributed by atoms with van der Waals surface area (Å²) in [6, 6.07) is 22.1. The van der Waals surface area contributed by atoms with E-state index in [1.165, 1.54) is 0 Å². The number of H-pyrrole nitrogens is 1. The average Bonchev–Trinajstić information content (AvgIpc) is 3.27. The first kappa shape index (κ1) is 13.7. The molecule has 5 aromatic rings. The zero-order chi connectivity index (χ0) is 16.6. The molecular formula is C19H14N6. The lowest BCUT2D eigenvalue weighted by molar-refractivity contribution is 0.973. The Morgan fingerprint density at radius 3 is 2.76 bits per heavy atom. The molecule has 0 amide bonds. The SMILES string of the molecule is c1ccc(-c2cccc3nc(Nc4ccc5[nH]ncc5c4)nn23)cc1. The summed E-state index contributed by atoms with van der Waals surface area (Å²) in [5, 5.41) is 15.9. The third kappa shape index (κ3) is 2.40. The van der Waals surface area contributed by atoms with Crippen LogP contribution in [0.15, 0.2) is 72.9 Å². The lowest BCUT2D eigenvalue weighted by Gasteiger charge is -2.03. The Balaban J connectivity index is 1.56. The molecule has 120 valence electrons. The molecule has 0 saturated heterocycles. The van der Waals surface area contributed by atoms with Crippen LogP contribution in [0.25, 0.3) is 27.8 Å². The molecule has 0 unspecified atom stereocenters. The third-order valence-corrected chi connectivity index (χ3v) is 4.13. The van der Waals surface area contributed by atoms with Gasteiger partial charge >= 0.3 is 0 Å². The molecular weight excluding hydrogens is 312 g/mol. The largest absolute Gasteiger partial charge is 0.323 e. The monoisotopic (exact) mass is 326 g/mol. The number of benzene rings is 2. The van der Waals surface area contributed by atoms with Crippen molar-refractivity contribution in [3.63, 3.8) is 0 Å². The van der Waals surface area contributed by atoms with Crippen LogP contribution < -0.4 is 5.32 Å². The summed E-state index contributed by atoms with van der Waals surface area (Å²) in [7, 11) is 0. The Morgan fingerprint density at radius 1 is 0.920 bits per heavy atom. The van der Waals surface area contributed by atoms with Gasteiger partial charge in [-0.25, -0.2) is 4.52 Å². The van der Waals surface area contributed by atoms with E-state index in [0.717, 1.165) is 33.5 Å². The molecule has 5 rings (SSSR count). The van der Waals surface area contributed by atoms with Crippen LogP contribution in [-0.4, -0.2) is 24.8 Å². The predicted octanol–water partition coefficient (Wildman–Crippen LogP) is 4.02. The molecule has 0 aliphatic rings. The number of nitrogens with zero attached hydrogens (tertiary/aromatic N) is 4. The van der Waals surface area contributed by atoms with Crippen LogP contribution in [0.5, 0.6) is 0 Å². The van der Waals surface area contributed by atoms with E-state index in [0.29, 0.717) is 5.95 Å². The number of nitrogens with one attached hydrogen (secondary N) is 2. The summed E-state index contributed by atoms with van der Waals surface area (Å²) in [5.41, 5.74) is 4.83. The average molecular weight is 326 g/mol. The molecule has 0 atom stereocenters. The van der Waals surface area contributed by atoms with Crippen molar-refractivity contribution in [1.82, 2.24) is 24.8 Å². The first-order chi connectivity index (χ1) is 12.4. The molecule has 2 aromatic carbocycles. The summed E-state index contributed by atoms with van der Waals surface area (Å²) < 4.78 is 1.86. The van der Waals surface area contributed by atoms with E-state index >= 15 is 0 Å². The predicted molar refractivity (Wildman–Crippen MR) is 97.8 cm³/mol. The van der Waals surface area contributed by atoms with Crippen molar-refractivity contribution in [2.24, 2.45) is 0 Å². The first-order valence-electron chi connectivity index (χ1n) is 7.98. The molecule has 2 N–H and O–H groups in total. The van der Waals surface area contributed by atoms with Gasteiger partial charge in [-0.05, 0) is 30.3 Å². The fourth-order valence-electron chi connectivity index (χ4n) is 2.94. The molecule has 6 heteroatoms. The summed E-state index contributed by atoms with van der Waals surface area (Å²) in [4.78, 5) is 4.58. The number of fused-ring (bicyclic) bond motifs is 2. The van der Waals surface area contributed by atoms with E-state index in [-0.39, 0.29) is 0 Å². The topological polar surface area (TPSA) is 70.9 Å². The highest BCUT2D eigenvalue weighted by Gasteiger charge is 2.09. The lowest BCUT2D eigenvalue weighted by Crippen LogP contribution is -1.95. The number of pyridine rings is 1. The van der Waals surface area contributed by atoms with Crippen molar-refractivity contribution in [2.75, 3.05) is 5.32 Å². The van der Waals surface area contributed by atoms with Crippen LogP contribution in [0.2, 0.25) is 0 Å². The minimum atomic E-state index is 0.561. The second kappa shape index (κ2) is 5.45. The summed E-state index contributed by atoms with van der Waals surface area (Å²) >= 11 is 0. The van der Waals surface area contributed by atoms with Crippen LogP contribution in [-0.2, 0) is 0 Å². The molecule has 3 heterocycles. The second-order valence-corrected chi connectivity index (χ2v) is 5.78. The zero-order valence-corrected chi connectivity index (χ0v) is 13.2. The van der Waals surface area contributed by atoms with Crippen molar-refractivity contribution in [1.29, 1.82) is 0 Å². The minimum Gasteiger partial charge on any atom is -0.323 e. The summed E-state index contributed by atoms with van der Waals surface area (Å²) in [6.07, 6.45) is 1.80. The quantitative estimate of drug-likeness (QED) is 0.525. The maximum atomic E-state index is 4.62. The standard InChI is InChI=1S/C19H14N6/c1-2-5-13(6-3-1)17-7-4-8-18-22-19(24-25(17)18)21-15-9-10-16-14(11-15)12-20-23-16/h1-12H,(H,20,23)(H,21,24). The highest BCUT2D eigenvalue weighted by Crippen LogP contribution is 2.23. The van der Waals surface area contributed by atoms with Gasteiger partial charge in [-0.2, -0.15) is 10.1 Å². The van der Waals surface area contributed by atoms with Crippen LogP contribution in [0.4, 0.5) is 11.6 Å². The molecule has 0 spiro atoms. The van der Waals surface area contributed by atoms with Crippen molar-refractivity contribution < 1.29 is 0 Å². The molecule has 0 saturated carbocycles. The number of anilines is 2. The fourth-order valence-corrected chi connectivity index (χ4v) is 2.94. The van der Waals surface area contributed by atoms with Gasteiger partial charge in [0, 0.05) is 16.6 Å². The van der Waals surface area contributed by atoms with Gasteiger partial charge in [-0.1, -0.05) is 36.4 Å². The number of hydrogen-bond donors (Lipinski definition) is 2. The number of aromatic amines is 1. The summed E-state index contributed by atoms with van der Waals surface area (Å²) in [5.74, 6) is 0.561. The fraction of sp³-hybridized carbons (Fsp3) is 0. The Labute approximate surface area is 143 Å². The normalized spacial score (nSPS) is 11.2. The van der Waals surface area contributed by atoms with Crippen LogP contribution in [0.3, 0.4) is 0 Å². The van der Waals surface area contributed by atoms with E-state index in [1.807, 2.05) is 59.1 Å². The van der Waals surface area contributed by atoms with Crippen molar-refractivity contribution in [3.8, 4) is 11.3 Å². The molecule has 6 nitrogen and oxygen atoms in total. The molecule has 0 aliphatic heterocycles. The van der Waals surface area contributed by atoms with E-state index in [2.05, 4.69) is 37.7 Å². The molecule has 0 radical (unpaired) electrons. The maximum absolute atomic E-state index is 4.62. The molecule has 0 aliphatic carbocycles. The highest BCUT2D eigenvalue weighted by atomic mass is 15.4. The van der Waals surface area contributed by atoms with Crippen molar-refractivity contribution >= 4 is 28.2 Å². The van der Waals surface area contributed by atoms with Crippen molar-refractivity contribution in [3.05, 3.63) is 72.9 Å². The molecule has 0 bridgehead atoms. The van der Waals surface area contributed by atoms with Gasteiger partial charge in [-0.3, -0.25) is 5.10 Å².